The number of aromatic nitrogens is 3. The van der Waals surface area contributed by atoms with Crippen molar-refractivity contribution in [1.82, 2.24) is 19.0 Å². The molecule has 1 saturated carbocycles. The molecule has 7 nitrogen and oxygen atoms in total. The molecule has 3 heterocycles. The number of rotatable bonds is 6. The number of benzene rings is 1. The Morgan fingerprint density at radius 2 is 1.90 bits per heavy atom. The SMILES string of the molecule is Cc1cnc(C2CCC2)n1CCC1CCN(C(=O)Cn2c(=O)oc3ccccc32)CC1. The molecule has 5 rings (SSSR count). The molecule has 0 spiro atoms. The highest BCUT2D eigenvalue weighted by Crippen LogP contribution is 2.36. The molecule has 1 aliphatic carbocycles. The number of imidazole rings is 1. The van der Waals surface area contributed by atoms with Crippen molar-refractivity contribution in [3.63, 3.8) is 0 Å². The zero-order chi connectivity index (χ0) is 21.4. The number of oxazole rings is 1. The fraction of sp³-hybridized carbons (Fsp3) is 0.542. The van der Waals surface area contributed by atoms with E-state index >= 15 is 0 Å². The molecule has 0 N–H and O–H groups in total. The van der Waals surface area contributed by atoms with E-state index in [4.69, 9.17) is 4.42 Å². The Bertz CT molecular complexity index is 1130. The number of aryl methyl sites for hydroxylation is 1. The summed E-state index contributed by atoms with van der Waals surface area (Å²) >= 11 is 0. The lowest BCUT2D eigenvalue weighted by molar-refractivity contribution is -0.133. The fourth-order valence-corrected chi connectivity index (χ4v) is 4.94. The van der Waals surface area contributed by atoms with Crippen LogP contribution in [0, 0.1) is 12.8 Å². The minimum atomic E-state index is -0.470. The molecule has 7 heteroatoms. The van der Waals surface area contributed by atoms with Gasteiger partial charge in [-0.25, -0.2) is 9.78 Å². The molecule has 2 aromatic heterocycles. The molecule has 0 atom stereocenters. The van der Waals surface area contributed by atoms with Gasteiger partial charge in [-0.3, -0.25) is 9.36 Å². The zero-order valence-electron chi connectivity index (χ0n) is 18.1. The van der Waals surface area contributed by atoms with E-state index < -0.39 is 5.76 Å². The van der Waals surface area contributed by atoms with Crippen LogP contribution in [0.1, 0.15) is 56.0 Å². The lowest BCUT2D eigenvalue weighted by Gasteiger charge is -2.32. The van der Waals surface area contributed by atoms with Gasteiger partial charge in [0.25, 0.3) is 0 Å². The summed E-state index contributed by atoms with van der Waals surface area (Å²) in [6, 6.07) is 7.24. The maximum atomic E-state index is 12.8. The molecule has 0 radical (unpaired) electrons. The first-order chi connectivity index (χ1) is 15.1. The van der Waals surface area contributed by atoms with E-state index in [2.05, 4.69) is 16.5 Å². The van der Waals surface area contributed by atoms with E-state index in [9.17, 15) is 9.59 Å². The molecule has 164 valence electrons. The largest absolute Gasteiger partial charge is 0.420 e. The number of amides is 1. The van der Waals surface area contributed by atoms with Crippen LogP contribution in [-0.4, -0.2) is 38.0 Å². The molecular weight excluding hydrogens is 392 g/mol. The van der Waals surface area contributed by atoms with E-state index in [1.54, 1.807) is 6.07 Å². The van der Waals surface area contributed by atoms with Crippen molar-refractivity contribution in [1.29, 1.82) is 0 Å². The molecule has 0 bridgehead atoms. The number of likely N-dealkylation sites (tertiary alicyclic amines) is 1. The minimum absolute atomic E-state index is 0.00942. The number of hydrogen-bond donors (Lipinski definition) is 0. The fourth-order valence-electron chi connectivity index (χ4n) is 4.94. The Kier molecular flexibility index (Phi) is 5.42. The van der Waals surface area contributed by atoms with Gasteiger partial charge in [0.05, 0.1) is 5.52 Å². The van der Waals surface area contributed by atoms with Gasteiger partial charge in [-0.15, -0.1) is 0 Å². The summed E-state index contributed by atoms with van der Waals surface area (Å²) in [6.07, 6.45) is 9.03. The van der Waals surface area contributed by atoms with Crippen LogP contribution < -0.4 is 5.76 Å². The summed E-state index contributed by atoms with van der Waals surface area (Å²) in [4.78, 5) is 31.6. The summed E-state index contributed by atoms with van der Waals surface area (Å²) in [7, 11) is 0. The van der Waals surface area contributed by atoms with Crippen molar-refractivity contribution in [2.45, 2.75) is 64.5 Å². The van der Waals surface area contributed by atoms with Crippen LogP contribution in [-0.2, 0) is 17.9 Å². The standard InChI is InChI=1S/C24H30N4O3/c1-17-15-25-23(19-5-4-6-19)27(17)14-11-18-9-12-26(13-10-18)22(29)16-28-20-7-2-3-8-21(20)31-24(28)30/h2-3,7-8,15,18-19H,4-6,9-14,16H2,1H3. The number of carbonyl (C=O) groups is 1. The highest BCUT2D eigenvalue weighted by atomic mass is 16.4. The number of piperidine rings is 1. The van der Waals surface area contributed by atoms with Gasteiger partial charge in [0.1, 0.15) is 12.4 Å². The van der Waals surface area contributed by atoms with Crippen molar-refractivity contribution in [2.75, 3.05) is 13.1 Å². The summed E-state index contributed by atoms with van der Waals surface area (Å²) in [5.74, 6) is 2.06. The van der Waals surface area contributed by atoms with Crippen molar-refractivity contribution in [3.05, 3.63) is 52.5 Å². The predicted molar refractivity (Wildman–Crippen MR) is 118 cm³/mol. The van der Waals surface area contributed by atoms with Crippen LogP contribution in [0.2, 0.25) is 0 Å². The molecule has 1 amide bonds. The van der Waals surface area contributed by atoms with Gasteiger partial charge >= 0.3 is 5.76 Å². The summed E-state index contributed by atoms with van der Waals surface area (Å²) in [5.41, 5.74) is 2.45. The van der Waals surface area contributed by atoms with E-state index in [0.29, 0.717) is 22.9 Å². The first-order valence-electron chi connectivity index (χ1n) is 11.5. The molecule has 2 fully saturated rings. The van der Waals surface area contributed by atoms with Crippen LogP contribution >= 0.6 is 0 Å². The van der Waals surface area contributed by atoms with Crippen molar-refractivity contribution < 1.29 is 9.21 Å². The van der Waals surface area contributed by atoms with Gasteiger partial charge in [-0.05, 0) is 57.1 Å². The molecule has 1 aromatic carbocycles. The lowest BCUT2D eigenvalue weighted by Crippen LogP contribution is -2.41. The Morgan fingerprint density at radius 3 is 2.65 bits per heavy atom. The van der Waals surface area contributed by atoms with Crippen LogP contribution in [0.25, 0.3) is 11.1 Å². The second-order valence-electron chi connectivity index (χ2n) is 9.07. The maximum Gasteiger partial charge on any atom is 0.420 e. The molecular formula is C24H30N4O3. The number of fused-ring (bicyclic) bond motifs is 1. The molecule has 1 aliphatic heterocycles. The number of para-hydroxylation sites is 2. The third-order valence-electron chi connectivity index (χ3n) is 7.15. The van der Waals surface area contributed by atoms with Gasteiger partial charge in [-0.1, -0.05) is 18.6 Å². The zero-order valence-corrected chi connectivity index (χ0v) is 18.1. The molecule has 2 aliphatic rings. The van der Waals surface area contributed by atoms with Gasteiger partial charge in [0, 0.05) is 37.4 Å². The summed E-state index contributed by atoms with van der Waals surface area (Å²) < 4.78 is 9.10. The van der Waals surface area contributed by atoms with Gasteiger partial charge < -0.3 is 13.9 Å². The highest BCUT2D eigenvalue weighted by molar-refractivity contribution is 5.79. The number of nitrogens with zero attached hydrogens (tertiary/aromatic N) is 4. The van der Waals surface area contributed by atoms with E-state index in [1.165, 1.54) is 35.3 Å². The van der Waals surface area contributed by atoms with E-state index in [0.717, 1.165) is 38.9 Å². The second kappa shape index (κ2) is 8.36. The van der Waals surface area contributed by atoms with Gasteiger partial charge in [-0.2, -0.15) is 0 Å². The smallest absolute Gasteiger partial charge is 0.408 e. The molecule has 31 heavy (non-hydrogen) atoms. The minimum Gasteiger partial charge on any atom is -0.408 e. The van der Waals surface area contributed by atoms with Gasteiger partial charge in [0.2, 0.25) is 5.91 Å². The van der Waals surface area contributed by atoms with Crippen molar-refractivity contribution >= 4 is 17.0 Å². The van der Waals surface area contributed by atoms with Crippen LogP contribution in [0.3, 0.4) is 0 Å². The third-order valence-corrected chi connectivity index (χ3v) is 7.15. The lowest BCUT2D eigenvalue weighted by atomic mass is 9.84. The second-order valence-corrected chi connectivity index (χ2v) is 9.07. The van der Waals surface area contributed by atoms with E-state index in [-0.39, 0.29) is 12.5 Å². The maximum absolute atomic E-state index is 12.8. The van der Waals surface area contributed by atoms with Gasteiger partial charge in [0.15, 0.2) is 5.58 Å². The summed E-state index contributed by atoms with van der Waals surface area (Å²) in [5, 5.41) is 0. The Labute approximate surface area is 181 Å². The highest BCUT2D eigenvalue weighted by Gasteiger charge is 2.27. The first-order valence-corrected chi connectivity index (χ1v) is 11.5. The Morgan fingerprint density at radius 1 is 1.13 bits per heavy atom. The predicted octanol–water partition coefficient (Wildman–Crippen LogP) is 3.70. The average molecular weight is 423 g/mol. The Balaban J connectivity index is 1.15. The van der Waals surface area contributed by atoms with Crippen LogP contribution in [0.5, 0.6) is 0 Å². The Hall–Kier alpha value is -2.83. The van der Waals surface area contributed by atoms with Crippen LogP contribution in [0.4, 0.5) is 0 Å². The third kappa shape index (κ3) is 3.93. The number of carbonyl (C=O) groups excluding carboxylic acids is 1. The normalized spacial score (nSPS) is 17.9. The average Bonchev–Trinajstić information content (AvgIpc) is 3.25. The molecule has 3 aromatic rings. The van der Waals surface area contributed by atoms with Crippen molar-refractivity contribution in [3.8, 4) is 0 Å². The molecule has 1 saturated heterocycles. The first kappa shape index (κ1) is 20.1. The number of hydrogen-bond acceptors (Lipinski definition) is 4. The topological polar surface area (TPSA) is 73.3 Å². The quantitative estimate of drug-likeness (QED) is 0.607. The van der Waals surface area contributed by atoms with Crippen LogP contribution in [0.15, 0.2) is 39.7 Å². The molecule has 0 unspecified atom stereocenters. The van der Waals surface area contributed by atoms with E-state index in [1.807, 2.05) is 29.3 Å². The monoisotopic (exact) mass is 422 g/mol. The van der Waals surface area contributed by atoms with Crippen molar-refractivity contribution in [2.24, 2.45) is 5.92 Å². The summed E-state index contributed by atoms with van der Waals surface area (Å²) in [6.45, 7) is 4.73.